The first-order valence-electron chi connectivity index (χ1n) is 10.8. The van der Waals surface area contributed by atoms with Gasteiger partial charge >= 0.3 is 6.18 Å². The summed E-state index contributed by atoms with van der Waals surface area (Å²) < 4.78 is 38.9. The number of hydrogen-bond acceptors (Lipinski definition) is 2. The highest BCUT2D eigenvalue weighted by molar-refractivity contribution is 5.92. The number of aromatic nitrogens is 1. The van der Waals surface area contributed by atoms with Crippen LogP contribution in [0.4, 0.5) is 13.2 Å². The monoisotopic (exact) mass is 441 g/mol. The summed E-state index contributed by atoms with van der Waals surface area (Å²) in [4.78, 5) is 17.4. The predicted octanol–water partition coefficient (Wildman–Crippen LogP) is 5.15. The highest BCUT2D eigenvalue weighted by Crippen LogP contribution is 2.32. The van der Waals surface area contributed by atoms with E-state index in [2.05, 4.69) is 15.2 Å². The van der Waals surface area contributed by atoms with Gasteiger partial charge < -0.3 is 10.3 Å². The Hall–Kier alpha value is -3.06. The second-order valence-corrected chi connectivity index (χ2v) is 8.16. The molecule has 4 rings (SSSR count). The third-order valence-corrected chi connectivity index (χ3v) is 5.83. The van der Waals surface area contributed by atoms with Crippen LogP contribution in [0.15, 0.2) is 54.7 Å². The number of unbranched alkanes of at least 4 members (excludes halogenated alkanes) is 1. The molecule has 168 valence electrons. The summed E-state index contributed by atoms with van der Waals surface area (Å²) in [6, 6.07) is 12.0. The van der Waals surface area contributed by atoms with Gasteiger partial charge in [-0.15, -0.1) is 0 Å². The summed E-state index contributed by atoms with van der Waals surface area (Å²) in [5, 5.41) is 3.99. The molecule has 1 aromatic heterocycles. The zero-order chi connectivity index (χ0) is 22.6. The van der Waals surface area contributed by atoms with E-state index in [4.69, 9.17) is 0 Å². The van der Waals surface area contributed by atoms with Gasteiger partial charge in [0.1, 0.15) is 0 Å². The summed E-state index contributed by atoms with van der Waals surface area (Å²) in [5.41, 5.74) is 3.21. The topological polar surface area (TPSA) is 48.1 Å². The summed E-state index contributed by atoms with van der Waals surface area (Å²) in [6.07, 6.45) is 3.37. The Balaban J connectivity index is 1.17. The van der Waals surface area contributed by atoms with Crippen LogP contribution in [-0.2, 0) is 23.9 Å². The van der Waals surface area contributed by atoms with Crippen molar-refractivity contribution in [3.05, 3.63) is 77.0 Å². The first-order chi connectivity index (χ1) is 15.4. The zero-order valence-electron chi connectivity index (χ0n) is 17.7. The van der Waals surface area contributed by atoms with Crippen LogP contribution >= 0.6 is 0 Å². The number of nitrogens with zero attached hydrogens (tertiary/aromatic N) is 1. The number of fused-ring (bicyclic) bond motifs is 2. The van der Waals surface area contributed by atoms with E-state index in [0.717, 1.165) is 59.9 Å². The SMILES string of the molecule is O=C(/C=C/c1ccc2[nH]ccc2c1)NCCCCN1CCc2ccc(C(F)(F)F)cc2C1. The lowest BCUT2D eigenvalue weighted by molar-refractivity contribution is -0.137. The fourth-order valence-corrected chi connectivity index (χ4v) is 4.06. The van der Waals surface area contributed by atoms with Gasteiger partial charge in [0.05, 0.1) is 5.56 Å². The molecular formula is C25H26F3N3O. The van der Waals surface area contributed by atoms with Crippen LogP contribution in [0.2, 0.25) is 0 Å². The first-order valence-corrected chi connectivity index (χ1v) is 10.8. The lowest BCUT2D eigenvalue weighted by atomic mass is 9.97. The van der Waals surface area contributed by atoms with Crippen molar-refractivity contribution in [3.63, 3.8) is 0 Å². The quantitative estimate of drug-likeness (QED) is 0.393. The number of halogens is 3. The van der Waals surface area contributed by atoms with E-state index < -0.39 is 11.7 Å². The normalized spacial score (nSPS) is 14.7. The van der Waals surface area contributed by atoms with E-state index in [0.29, 0.717) is 13.1 Å². The maximum Gasteiger partial charge on any atom is 0.416 e. The van der Waals surface area contributed by atoms with Crippen molar-refractivity contribution in [1.29, 1.82) is 0 Å². The molecule has 0 spiro atoms. The second-order valence-electron chi connectivity index (χ2n) is 8.16. The fraction of sp³-hybridized carbons (Fsp3) is 0.320. The number of carbonyl (C=O) groups excluding carboxylic acids is 1. The standard InChI is InChI=1S/C25H26F3N3O/c26-25(27,28)22-6-5-19-10-14-31(17-21(19)16-22)13-2-1-11-30-24(32)8-4-18-3-7-23-20(15-18)9-12-29-23/h3-9,12,15-16,29H,1-2,10-11,13-14,17H2,(H,30,32)/b8-4+. The Labute approximate surface area is 185 Å². The Morgan fingerprint density at radius 2 is 1.97 bits per heavy atom. The average Bonchev–Trinajstić information content (AvgIpc) is 3.24. The van der Waals surface area contributed by atoms with Gasteiger partial charge in [0.25, 0.3) is 0 Å². The number of alkyl halides is 3. The van der Waals surface area contributed by atoms with Crippen LogP contribution in [0.3, 0.4) is 0 Å². The molecule has 2 N–H and O–H groups in total. The number of carbonyl (C=O) groups is 1. The maximum atomic E-state index is 13.0. The van der Waals surface area contributed by atoms with Crippen LogP contribution in [0.25, 0.3) is 17.0 Å². The molecule has 0 saturated heterocycles. The third kappa shape index (κ3) is 5.59. The Morgan fingerprint density at radius 1 is 1.09 bits per heavy atom. The van der Waals surface area contributed by atoms with E-state index in [-0.39, 0.29) is 5.91 Å². The van der Waals surface area contributed by atoms with Crippen molar-refractivity contribution in [2.24, 2.45) is 0 Å². The molecule has 0 fully saturated rings. The van der Waals surface area contributed by atoms with E-state index in [1.807, 2.05) is 30.5 Å². The molecule has 0 aliphatic carbocycles. The number of amides is 1. The molecule has 3 aromatic rings. The highest BCUT2D eigenvalue weighted by atomic mass is 19.4. The van der Waals surface area contributed by atoms with Gasteiger partial charge in [-0.2, -0.15) is 13.2 Å². The molecule has 0 unspecified atom stereocenters. The molecule has 0 atom stereocenters. The van der Waals surface area contributed by atoms with Crippen LogP contribution in [0.1, 0.15) is 35.1 Å². The van der Waals surface area contributed by atoms with Gasteiger partial charge in [0.2, 0.25) is 5.91 Å². The van der Waals surface area contributed by atoms with E-state index in [9.17, 15) is 18.0 Å². The number of aromatic amines is 1. The van der Waals surface area contributed by atoms with Crippen LogP contribution in [0, 0.1) is 0 Å². The molecule has 32 heavy (non-hydrogen) atoms. The minimum atomic E-state index is -4.31. The van der Waals surface area contributed by atoms with E-state index in [1.54, 1.807) is 12.1 Å². The number of H-pyrrole nitrogens is 1. The summed E-state index contributed by atoms with van der Waals surface area (Å²) >= 11 is 0. The smallest absolute Gasteiger partial charge is 0.361 e. The van der Waals surface area contributed by atoms with E-state index >= 15 is 0 Å². The van der Waals surface area contributed by atoms with Gasteiger partial charge in [0, 0.05) is 37.4 Å². The molecule has 1 aliphatic rings. The molecule has 0 radical (unpaired) electrons. The highest BCUT2D eigenvalue weighted by Gasteiger charge is 2.31. The molecule has 2 aromatic carbocycles. The summed E-state index contributed by atoms with van der Waals surface area (Å²) in [5.74, 6) is -0.134. The van der Waals surface area contributed by atoms with Crippen LogP contribution in [-0.4, -0.2) is 35.4 Å². The Bertz CT molecular complexity index is 1120. The van der Waals surface area contributed by atoms with Crippen molar-refractivity contribution in [1.82, 2.24) is 15.2 Å². The molecule has 4 nitrogen and oxygen atoms in total. The lowest BCUT2D eigenvalue weighted by Gasteiger charge is -2.29. The van der Waals surface area contributed by atoms with Crippen LogP contribution in [0.5, 0.6) is 0 Å². The molecule has 7 heteroatoms. The van der Waals surface area contributed by atoms with Crippen molar-refractivity contribution in [2.75, 3.05) is 19.6 Å². The minimum Gasteiger partial charge on any atom is -0.361 e. The van der Waals surface area contributed by atoms with Crippen molar-refractivity contribution >= 4 is 22.9 Å². The van der Waals surface area contributed by atoms with Crippen molar-refractivity contribution in [3.8, 4) is 0 Å². The molecule has 0 saturated carbocycles. The number of benzene rings is 2. The van der Waals surface area contributed by atoms with Crippen LogP contribution < -0.4 is 5.32 Å². The van der Waals surface area contributed by atoms with Crippen molar-refractivity contribution < 1.29 is 18.0 Å². The van der Waals surface area contributed by atoms with Gasteiger partial charge in [-0.3, -0.25) is 9.69 Å². The number of hydrogen-bond donors (Lipinski definition) is 2. The zero-order valence-corrected chi connectivity index (χ0v) is 17.7. The van der Waals surface area contributed by atoms with Gasteiger partial charge in [-0.1, -0.05) is 12.1 Å². The Morgan fingerprint density at radius 3 is 2.81 bits per heavy atom. The Kier molecular flexibility index (Phi) is 6.65. The third-order valence-electron chi connectivity index (χ3n) is 5.83. The lowest BCUT2D eigenvalue weighted by Crippen LogP contribution is -2.32. The van der Waals surface area contributed by atoms with Gasteiger partial charge in [-0.05, 0) is 84.3 Å². The number of rotatable bonds is 7. The minimum absolute atomic E-state index is 0.134. The van der Waals surface area contributed by atoms with Gasteiger partial charge in [-0.25, -0.2) is 0 Å². The summed E-state index contributed by atoms with van der Waals surface area (Å²) in [7, 11) is 0. The summed E-state index contributed by atoms with van der Waals surface area (Å²) in [6.45, 7) is 2.76. The fourth-order valence-electron chi connectivity index (χ4n) is 4.06. The first kappa shape index (κ1) is 22.1. The molecule has 1 aliphatic heterocycles. The maximum absolute atomic E-state index is 13.0. The molecule has 1 amide bonds. The van der Waals surface area contributed by atoms with Crippen molar-refractivity contribution in [2.45, 2.75) is 32.0 Å². The van der Waals surface area contributed by atoms with Gasteiger partial charge in [0.15, 0.2) is 0 Å². The predicted molar refractivity (Wildman–Crippen MR) is 120 cm³/mol. The number of nitrogens with one attached hydrogen (secondary N) is 2. The molecule has 2 heterocycles. The average molecular weight is 441 g/mol. The molecular weight excluding hydrogens is 415 g/mol. The second kappa shape index (κ2) is 9.61. The molecule has 0 bridgehead atoms. The van der Waals surface area contributed by atoms with E-state index in [1.165, 1.54) is 18.2 Å². The largest absolute Gasteiger partial charge is 0.416 e.